The summed E-state index contributed by atoms with van der Waals surface area (Å²) in [6, 6.07) is 0. The molecule has 0 aliphatic heterocycles. The molecule has 0 unspecified atom stereocenters. The second kappa shape index (κ2) is 4.65. The Kier molecular flexibility index (Phi) is 3.04. The molecular weight excluding hydrogens is 242 g/mol. The molecule has 0 amide bonds. The van der Waals surface area contributed by atoms with E-state index in [9.17, 15) is 14.4 Å². The topological polar surface area (TPSA) is 123 Å². The maximum atomic E-state index is 11.4. The molecule has 0 atom stereocenters. The molecule has 94 valence electrons. The average Bonchev–Trinajstić information content (AvgIpc) is 2.80. The number of carboxylic acid groups (broad SMARTS) is 1. The van der Waals surface area contributed by atoms with E-state index in [0.29, 0.717) is 6.54 Å². The Hall–Kier alpha value is -2.71. The summed E-state index contributed by atoms with van der Waals surface area (Å²) < 4.78 is 2.59. The van der Waals surface area contributed by atoms with Gasteiger partial charge in [0.05, 0.1) is 12.7 Å². The van der Waals surface area contributed by atoms with Gasteiger partial charge in [-0.15, -0.1) is 5.10 Å². The van der Waals surface area contributed by atoms with Gasteiger partial charge >= 0.3 is 11.7 Å². The van der Waals surface area contributed by atoms with Gasteiger partial charge in [-0.1, -0.05) is 5.21 Å². The van der Waals surface area contributed by atoms with Crippen LogP contribution in [0.25, 0.3) is 0 Å². The minimum Gasteiger partial charge on any atom is -0.477 e. The number of rotatable bonds is 4. The second-order valence-electron chi connectivity index (χ2n) is 3.47. The Morgan fingerprint density at radius 2 is 2.17 bits per heavy atom. The zero-order valence-corrected chi connectivity index (χ0v) is 9.11. The van der Waals surface area contributed by atoms with Crippen LogP contribution in [0.1, 0.15) is 10.4 Å². The lowest BCUT2D eigenvalue weighted by atomic mass is 10.3. The van der Waals surface area contributed by atoms with Crippen LogP contribution in [0.2, 0.25) is 0 Å². The van der Waals surface area contributed by atoms with Crippen LogP contribution < -0.4 is 11.2 Å². The second-order valence-corrected chi connectivity index (χ2v) is 3.47. The van der Waals surface area contributed by atoms with Gasteiger partial charge in [-0.3, -0.25) is 19.0 Å². The Morgan fingerprint density at radius 3 is 2.78 bits per heavy atom. The van der Waals surface area contributed by atoms with Crippen LogP contribution in [0, 0.1) is 0 Å². The van der Waals surface area contributed by atoms with Crippen LogP contribution in [0.15, 0.2) is 28.2 Å². The first kappa shape index (κ1) is 11.8. The zero-order chi connectivity index (χ0) is 13.1. The molecule has 0 aromatic carbocycles. The van der Waals surface area contributed by atoms with Crippen LogP contribution in [0.4, 0.5) is 0 Å². The van der Waals surface area contributed by atoms with Gasteiger partial charge in [-0.05, 0) is 0 Å². The van der Waals surface area contributed by atoms with Crippen LogP contribution in [0.5, 0.6) is 0 Å². The molecule has 18 heavy (non-hydrogen) atoms. The van der Waals surface area contributed by atoms with Crippen molar-refractivity contribution in [1.82, 2.24) is 24.5 Å². The van der Waals surface area contributed by atoms with E-state index in [-0.39, 0.29) is 6.54 Å². The van der Waals surface area contributed by atoms with Crippen molar-refractivity contribution in [1.29, 1.82) is 0 Å². The molecule has 2 heterocycles. The van der Waals surface area contributed by atoms with Crippen molar-refractivity contribution in [3.05, 3.63) is 45.0 Å². The first-order valence-corrected chi connectivity index (χ1v) is 4.99. The zero-order valence-electron chi connectivity index (χ0n) is 9.11. The third-order valence-corrected chi connectivity index (χ3v) is 2.28. The lowest BCUT2D eigenvalue weighted by molar-refractivity contribution is 0.0693. The summed E-state index contributed by atoms with van der Waals surface area (Å²) in [6.45, 7) is 0.518. The van der Waals surface area contributed by atoms with Crippen LogP contribution in [-0.2, 0) is 13.1 Å². The quantitative estimate of drug-likeness (QED) is 0.683. The first-order chi connectivity index (χ1) is 8.58. The Bertz CT molecular complexity index is 669. The number of aromatic nitrogens is 5. The molecule has 0 aliphatic rings. The molecular formula is C9H9N5O4. The highest BCUT2D eigenvalue weighted by Crippen LogP contribution is 1.90. The fourth-order valence-electron chi connectivity index (χ4n) is 1.39. The smallest absolute Gasteiger partial charge is 0.342 e. The van der Waals surface area contributed by atoms with Crippen molar-refractivity contribution in [3.8, 4) is 0 Å². The predicted molar refractivity (Wildman–Crippen MR) is 58.3 cm³/mol. The first-order valence-electron chi connectivity index (χ1n) is 4.99. The van der Waals surface area contributed by atoms with Crippen molar-refractivity contribution >= 4 is 5.97 Å². The highest BCUT2D eigenvalue weighted by Gasteiger charge is 2.11. The van der Waals surface area contributed by atoms with Crippen molar-refractivity contribution in [2.75, 3.05) is 0 Å². The van der Waals surface area contributed by atoms with Crippen LogP contribution in [0.3, 0.4) is 0 Å². The largest absolute Gasteiger partial charge is 0.477 e. The number of carbonyl (C=O) groups is 1. The number of hydrogen-bond acceptors (Lipinski definition) is 5. The molecule has 0 bridgehead atoms. The van der Waals surface area contributed by atoms with Crippen molar-refractivity contribution in [2.45, 2.75) is 13.1 Å². The Morgan fingerprint density at radius 1 is 1.39 bits per heavy atom. The molecule has 9 nitrogen and oxygen atoms in total. The molecule has 9 heteroatoms. The number of hydrogen-bond donors (Lipinski definition) is 2. The van der Waals surface area contributed by atoms with Crippen molar-refractivity contribution < 1.29 is 9.90 Å². The summed E-state index contributed by atoms with van der Waals surface area (Å²) in [5, 5.41) is 16.1. The van der Waals surface area contributed by atoms with Gasteiger partial charge in [-0.2, -0.15) is 0 Å². The van der Waals surface area contributed by atoms with E-state index in [0.717, 1.165) is 10.8 Å². The van der Waals surface area contributed by atoms with E-state index >= 15 is 0 Å². The summed E-state index contributed by atoms with van der Waals surface area (Å²) in [4.78, 5) is 35.3. The minimum atomic E-state index is -1.38. The van der Waals surface area contributed by atoms with Crippen LogP contribution in [-0.4, -0.2) is 35.6 Å². The third kappa shape index (κ3) is 2.34. The molecule has 2 rings (SSSR count). The molecule has 0 radical (unpaired) electrons. The summed E-state index contributed by atoms with van der Waals surface area (Å²) in [6.07, 6.45) is 4.10. The molecule has 0 spiro atoms. The molecule has 0 fully saturated rings. The highest BCUT2D eigenvalue weighted by molar-refractivity contribution is 5.86. The predicted octanol–water partition coefficient (Wildman–Crippen LogP) is -1.47. The monoisotopic (exact) mass is 251 g/mol. The van der Waals surface area contributed by atoms with Crippen molar-refractivity contribution in [3.63, 3.8) is 0 Å². The van der Waals surface area contributed by atoms with E-state index in [1.807, 2.05) is 4.98 Å². The lowest BCUT2D eigenvalue weighted by Crippen LogP contribution is -2.34. The van der Waals surface area contributed by atoms with E-state index in [4.69, 9.17) is 5.11 Å². The molecule has 0 saturated heterocycles. The van der Waals surface area contributed by atoms with Gasteiger partial charge in [0.15, 0.2) is 0 Å². The van der Waals surface area contributed by atoms with Gasteiger partial charge in [0, 0.05) is 18.9 Å². The Labute approximate surface area is 99.3 Å². The average molecular weight is 251 g/mol. The number of nitrogens with zero attached hydrogens (tertiary/aromatic N) is 4. The highest BCUT2D eigenvalue weighted by atomic mass is 16.4. The standard InChI is InChI=1S/C9H9N5O4/c15-7-6(8(16)17)5-13(9(18)11-7)3-4-14-2-1-10-12-14/h1-2,5H,3-4H2,(H,16,17)(H,11,15,18). The Balaban J connectivity index is 2.28. The minimum absolute atomic E-state index is 0.180. The fourth-order valence-corrected chi connectivity index (χ4v) is 1.39. The van der Waals surface area contributed by atoms with E-state index in [1.54, 1.807) is 6.20 Å². The van der Waals surface area contributed by atoms with Crippen LogP contribution >= 0.6 is 0 Å². The number of carboxylic acids is 1. The maximum absolute atomic E-state index is 11.4. The number of aromatic carboxylic acids is 1. The summed E-state index contributed by atoms with van der Waals surface area (Å²) in [5.41, 5.74) is -2.05. The number of aryl methyl sites for hydroxylation is 2. The van der Waals surface area contributed by atoms with E-state index in [1.165, 1.54) is 10.9 Å². The van der Waals surface area contributed by atoms with Gasteiger partial charge in [-0.25, -0.2) is 9.59 Å². The summed E-state index contributed by atoms with van der Waals surface area (Å²) in [7, 11) is 0. The summed E-state index contributed by atoms with van der Waals surface area (Å²) >= 11 is 0. The number of nitrogens with one attached hydrogen (secondary N) is 1. The van der Waals surface area contributed by atoms with Gasteiger partial charge in [0.1, 0.15) is 5.56 Å². The SMILES string of the molecule is O=C(O)c1cn(CCn2ccnn2)c(=O)[nH]c1=O. The number of H-pyrrole nitrogens is 1. The third-order valence-electron chi connectivity index (χ3n) is 2.28. The molecule has 2 aromatic rings. The van der Waals surface area contributed by atoms with Gasteiger partial charge in [0.2, 0.25) is 0 Å². The van der Waals surface area contributed by atoms with E-state index in [2.05, 4.69) is 10.3 Å². The fraction of sp³-hybridized carbons (Fsp3) is 0.222. The molecule has 0 saturated carbocycles. The molecule has 2 aromatic heterocycles. The van der Waals surface area contributed by atoms with Gasteiger partial charge in [0.25, 0.3) is 5.56 Å². The normalized spacial score (nSPS) is 10.4. The van der Waals surface area contributed by atoms with Crippen molar-refractivity contribution in [2.24, 2.45) is 0 Å². The van der Waals surface area contributed by atoms with Gasteiger partial charge < -0.3 is 5.11 Å². The number of aromatic amines is 1. The summed E-state index contributed by atoms with van der Waals surface area (Å²) in [5.74, 6) is -1.38. The molecule has 0 aliphatic carbocycles. The molecule has 2 N–H and O–H groups in total. The van der Waals surface area contributed by atoms with E-state index < -0.39 is 22.8 Å². The lowest BCUT2D eigenvalue weighted by Gasteiger charge is -2.05. The maximum Gasteiger partial charge on any atom is 0.342 e.